The number of rotatable bonds is 7. The molecular formula is C26H22N4O3. The maximum Gasteiger partial charge on any atom is 0.255 e. The number of hydrogen-bond acceptors (Lipinski definition) is 5. The van der Waals surface area contributed by atoms with Crippen molar-refractivity contribution in [3.05, 3.63) is 108 Å². The summed E-state index contributed by atoms with van der Waals surface area (Å²) in [6, 6.07) is 21.7. The van der Waals surface area contributed by atoms with E-state index in [4.69, 9.17) is 4.74 Å². The van der Waals surface area contributed by atoms with Gasteiger partial charge in [0, 0.05) is 36.1 Å². The zero-order chi connectivity index (χ0) is 23.0. The summed E-state index contributed by atoms with van der Waals surface area (Å²) in [6.45, 7) is 0.302. The first-order valence-corrected chi connectivity index (χ1v) is 10.3. The summed E-state index contributed by atoms with van der Waals surface area (Å²) in [5, 5.41) is 5.70. The van der Waals surface area contributed by atoms with Gasteiger partial charge in [0.15, 0.2) is 0 Å². The molecule has 0 atom stereocenters. The van der Waals surface area contributed by atoms with Crippen molar-refractivity contribution in [3.63, 3.8) is 0 Å². The molecule has 33 heavy (non-hydrogen) atoms. The van der Waals surface area contributed by atoms with Crippen molar-refractivity contribution in [1.29, 1.82) is 0 Å². The Bertz CT molecular complexity index is 1240. The van der Waals surface area contributed by atoms with Crippen LogP contribution in [0, 0.1) is 0 Å². The van der Waals surface area contributed by atoms with E-state index in [0.29, 0.717) is 29.2 Å². The van der Waals surface area contributed by atoms with Gasteiger partial charge in [-0.1, -0.05) is 24.3 Å². The zero-order valence-electron chi connectivity index (χ0n) is 18.0. The predicted octanol–water partition coefficient (Wildman–Crippen LogP) is 4.33. The van der Waals surface area contributed by atoms with E-state index in [0.717, 1.165) is 16.7 Å². The first kappa shape index (κ1) is 21.7. The number of ether oxygens (including phenoxy) is 1. The van der Waals surface area contributed by atoms with E-state index in [1.165, 1.54) is 13.3 Å². The average Bonchev–Trinajstić information content (AvgIpc) is 2.88. The van der Waals surface area contributed by atoms with Crippen LogP contribution in [-0.4, -0.2) is 28.9 Å². The highest BCUT2D eigenvalue weighted by atomic mass is 16.5. The highest BCUT2D eigenvalue weighted by Crippen LogP contribution is 2.19. The molecule has 0 unspecified atom stereocenters. The van der Waals surface area contributed by atoms with Gasteiger partial charge in [-0.3, -0.25) is 14.6 Å². The molecule has 0 radical (unpaired) electrons. The third-order valence-corrected chi connectivity index (χ3v) is 5.01. The molecule has 7 heteroatoms. The molecule has 0 saturated carbocycles. The van der Waals surface area contributed by atoms with Crippen molar-refractivity contribution in [2.24, 2.45) is 0 Å². The monoisotopic (exact) mass is 438 g/mol. The second-order valence-electron chi connectivity index (χ2n) is 7.24. The Morgan fingerprint density at radius 2 is 1.61 bits per heavy atom. The first-order valence-electron chi connectivity index (χ1n) is 10.3. The van der Waals surface area contributed by atoms with Crippen LogP contribution in [0.2, 0.25) is 0 Å². The minimum atomic E-state index is -0.262. The van der Waals surface area contributed by atoms with Crippen LogP contribution in [0.15, 0.2) is 91.4 Å². The number of amides is 2. The molecule has 2 heterocycles. The second kappa shape index (κ2) is 10.2. The molecule has 2 N–H and O–H groups in total. The Morgan fingerprint density at radius 3 is 2.30 bits per heavy atom. The second-order valence-corrected chi connectivity index (χ2v) is 7.24. The third-order valence-electron chi connectivity index (χ3n) is 5.01. The quantitative estimate of drug-likeness (QED) is 0.448. The van der Waals surface area contributed by atoms with E-state index in [1.807, 2.05) is 30.3 Å². The summed E-state index contributed by atoms with van der Waals surface area (Å²) in [7, 11) is 1.53. The molecule has 0 aliphatic rings. The smallest absolute Gasteiger partial charge is 0.255 e. The van der Waals surface area contributed by atoms with Crippen molar-refractivity contribution in [1.82, 2.24) is 15.3 Å². The summed E-state index contributed by atoms with van der Waals surface area (Å²) in [5.41, 5.74) is 4.48. The Hall–Kier alpha value is -4.52. The van der Waals surface area contributed by atoms with Crippen LogP contribution >= 0.6 is 0 Å². The zero-order valence-corrected chi connectivity index (χ0v) is 18.0. The van der Waals surface area contributed by atoms with Crippen LogP contribution in [0.1, 0.15) is 26.3 Å². The standard InChI is InChI=1S/C26H22N4O3/c1-33-24-10-9-23(17-28-24)30-26(32)22-4-2-3-18(15-22)16-29-25(31)21-7-5-19(6-8-21)20-11-13-27-14-12-20/h2-15,17H,16H2,1H3,(H,29,31)(H,30,32). The lowest BCUT2D eigenvalue weighted by molar-refractivity contribution is 0.0950. The molecule has 0 saturated heterocycles. The Balaban J connectivity index is 1.36. The van der Waals surface area contributed by atoms with E-state index in [9.17, 15) is 9.59 Å². The van der Waals surface area contributed by atoms with Gasteiger partial charge in [-0.05, 0) is 59.2 Å². The molecule has 0 aliphatic carbocycles. The van der Waals surface area contributed by atoms with Crippen LogP contribution in [0.3, 0.4) is 0 Å². The molecule has 164 valence electrons. The van der Waals surface area contributed by atoms with Crippen molar-refractivity contribution < 1.29 is 14.3 Å². The minimum absolute atomic E-state index is 0.185. The fourth-order valence-electron chi connectivity index (χ4n) is 3.24. The molecule has 0 spiro atoms. The maximum absolute atomic E-state index is 12.6. The van der Waals surface area contributed by atoms with Crippen LogP contribution in [0.4, 0.5) is 5.69 Å². The largest absolute Gasteiger partial charge is 0.481 e. The van der Waals surface area contributed by atoms with Crippen molar-refractivity contribution in [2.45, 2.75) is 6.54 Å². The van der Waals surface area contributed by atoms with Gasteiger partial charge in [-0.2, -0.15) is 0 Å². The highest BCUT2D eigenvalue weighted by Gasteiger charge is 2.10. The summed E-state index contributed by atoms with van der Waals surface area (Å²) < 4.78 is 5.02. The number of methoxy groups -OCH3 is 1. The van der Waals surface area contributed by atoms with E-state index in [1.54, 1.807) is 54.9 Å². The molecule has 4 aromatic rings. The number of hydrogen-bond donors (Lipinski definition) is 2. The highest BCUT2D eigenvalue weighted by molar-refractivity contribution is 6.04. The number of benzene rings is 2. The number of anilines is 1. The minimum Gasteiger partial charge on any atom is -0.481 e. The molecule has 2 aromatic carbocycles. The number of nitrogens with zero attached hydrogens (tertiary/aromatic N) is 2. The van der Waals surface area contributed by atoms with E-state index in [-0.39, 0.29) is 11.8 Å². The van der Waals surface area contributed by atoms with E-state index < -0.39 is 0 Å². The lowest BCUT2D eigenvalue weighted by Crippen LogP contribution is -2.23. The molecule has 2 aromatic heterocycles. The predicted molar refractivity (Wildman–Crippen MR) is 126 cm³/mol. The van der Waals surface area contributed by atoms with Gasteiger partial charge in [0.25, 0.3) is 11.8 Å². The fourth-order valence-corrected chi connectivity index (χ4v) is 3.24. The van der Waals surface area contributed by atoms with Gasteiger partial charge < -0.3 is 15.4 Å². The van der Waals surface area contributed by atoms with Gasteiger partial charge in [0.1, 0.15) is 0 Å². The van der Waals surface area contributed by atoms with Crippen molar-refractivity contribution in [3.8, 4) is 17.0 Å². The lowest BCUT2D eigenvalue weighted by Gasteiger charge is -2.09. The van der Waals surface area contributed by atoms with Crippen LogP contribution in [0.25, 0.3) is 11.1 Å². The topological polar surface area (TPSA) is 93.2 Å². The molecule has 4 rings (SSSR count). The number of aromatic nitrogens is 2. The Morgan fingerprint density at radius 1 is 0.848 bits per heavy atom. The summed E-state index contributed by atoms with van der Waals surface area (Å²) in [6.07, 6.45) is 5.00. The van der Waals surface area contributed by atoms with Crippen LogP contribution in [0.5, 0.6) is 5.88 Å². The normalized spacial score (nSPS) is 10.3. The molecule has 7 nitrogen and oxygen atoms in total. The molecule has 2 amide bonds. The van der Waals surface area contributed by atoms with Gasteiger partial charge >= 0.3 is 0 Å². The van der Waals surface area contributed by atoms with Gasteiger partial charge in [-0.15, -0.1) is 0 Å². The fraction of sp³-hybridized carbons (Fsp3) is 0.0769. The number of carbonyl (C=O) groups is 2. The van der Waals surface area contributed by atoms with Crippen molar-refractivity contribution >= 4 is 17.5 Å². The Kier molecular flexibility index (Phi) is 6.70. The third kappa shape index (κ3) is 5.59. The average molecular weight is 438 g/mol. The van der Waals surface area contributed by atoms with E-state index >= 15 is 0 Å². The number of carbonyl (C=O) groups excluding carboxylic acids is 2. The van der Waals surface area contributed by atoms with Gasteiger partial charge in [0.05, 0.1) is 19.0 Å². The Labute approximate surface area is 191 Å². The van der Waals surface area contributed by atoms with Crippen LogP contribution < -0.4 is 15.4 Å². The van der Waals surface area contributed by atoms with Crippen molar-refractivity contribution in [2.75, 3.05) is 12.4 Å². The first-order chi connectivity index (χ1) is 16.1. The van der Waals surface area contributed by atoms with Gasteiger partial charge in [0.2, 0.25) is 5.88 Å². The van der Waals surface area contributed by atoms with Crippen LogP contribution in [-0.2, 0) is 6.54 Å². The SMILES string of the molecule is COc1ccc(NC(=O)c2cccc(CNC(=O)c3ccc(-c4ccncc4)cc3)c2)cn1. The molecule has 0 bridgehead atoms. The maximum atomic E-state index is 12.6. The number of pyridine rings is 2. The summed E-state index contributed by atoms with van der Waals surface area (Å²) >= 11 is 0. The summed E-state index contributed by atoms with van der Waals surface area (Å²) in [4.78, 5) is 33.2. The molecule has 0 aliphatic heterocycles. The van der Waals surface area contributed by atoms with Gasteiger partial charge in [-0.25, -0.2) is 4.98 Å². The lowest BCUT2D eigenvalue weighted by atomic mass is 10.0. The molecular weight excluding hydrogens is 416 g/mol. The summed E-state index contributed by atoms with van der Waals surface area (Å²) in [5.74, 6) is 0.0232. The van der Waals surface area contributed by atoms with E-state index in [2.05, 4.69) is 20.6 Å². The molecule has 0 fully saturated rings. The number of nitrogens with one attached hydrogen (secondary N) is 2.